The largest absolute Gasteiger partial charge is 0.372 e. The van der Waals surface area contributed by atoms with Gasteiger partial charge in [0.15, 0.2) is 0 Å². The normalized spacial score (nSPS) is 10.0. The fraction of sp³-hybridized carbons (Fsp3) is 0.235. The molecule has 0 aliphatic rings. The molecule has 3 nitrogen and oxygen atoms in total. The second kappa shape index (κ2) is 7.14. The molecule has 0 bridgehead atoms. The van der Waals surface area contributed by atoms with E-state index < -0.39 is 0 Å². The minimum absolute atomic E-state index is 0.622. The predicted octanol–water partition coefficient (Wildman–Crippen LogP) is 4.91. The lowest BCUT2D eigenvalue weighted by molar-refractivity contribution is 0.866. The van der Waals surface area contributed by atoms with Crippen LogP contribution in [-0.4, -0.2) is 13.1 Å². The van der Waals surface area contributed by atoms with Crippen molar-refractivity contribution in [3.05, 3.63) is 52.5 Å². The fourth-order valence-corrected chi connectivity index (χ4v) is 2.58. The molecule has 4 heteroatoms. The smallest absolute Gasteiger partial charge is 0.101 e. The Labute approximate surface area is 134 Å². The molecule has 2 aromatic rings. The van der Waals surface area contributed by atoms with Crippen LogP contribution in [0.3, 0.4) is 0 Å². The van der Waals surface area contributed by atoms with Crippen LogP contribution in [0.5, 0.6) is 0 Å². The first-order valence-electron chi connectivity index (χ1n) is 6.99. The Morgan fingerprint density at radius 2 is 1.76 bits per heavy atom. The van der Waals surface area contributed by atoms with Crippen molar-refractivity contribution in [2.45, 2.75) is 13.8 Å². The molecule has 0 saturated heterocycles. The molecular formula is C17H18BrN3. The van der Waals surface area contributed by atoms with Crippen LogP contribution in [0, 0.1) is 11.3 Å². The summed E-state index contributed by atoms with van der Waals surface area (Å²) < 4.78 is 0.904. The molecule has 0 atom stereocenters. The molecule has 0 radical (unpaired) electrons. The minimum Gasteiger partial charge on any atom is -0.372 e. The molecule has 0 saturated carbocycles. The topological polar surface area (TPSA) is 39.1 Å². The number of nitriles is 1. The SMILES string of the molecule is CCN(CC)c1ccc(Nc2ccc(Br)cc2C#N)cc1. The summed E-state index contributed by atoms with van der Waals surface area (Å²) in [7, 11) is 0. The van der Waals surface area contributed by atoms with Crippen molar-refractivity contribution in [1.29, 1.82) is 5.26 Å². The predicted molar refractivity (Wildman–Crippen MR) is 92.1 cm³/mol. The Morgan fingerprint density at radius 1 is 1.10 bits per heavy atom. The lowest BCUT2D eigenvalue weighted by atomic mass is 10.2. The average Bonchev–Trinajstić information content (AvgIpc) is 2.52. The van der Waals surface area contributed by atoms with Crippen LogP contribution in [0.15, 0.2) is 46.9 Å². The second-order valence-electron chi connectivity index (χ2n) is 4.65. The average molecular weight is 344 g/mol. The first-order valence-corrected chi connectivity index (χ1v) is 7.79. The molecule has 2 rings (SSSR count). The molecule has 0 heterocycles. The summed E-state index contributed by atoms with van der Waals surface area (Å²) in [6, 6.07) is 16.1. The van der Waals surface area contributed by atoms with Crippen LogP contribution < -0.4 is 10.2 Å². The quantitative estimate of drug-likeness (QED) is 0.838. The zero-order valence-electron chi connectivity index (χ0n) is 12.2. The van der Waals surface area contributed by atoms with Crippen molar-refractivity contribution < 1.29 is 0 Å². The van der Waals surface area contributed by atoms with E-state index in [1.54, 1.807) is 0 Å². The maximum absolute atomic E-state index is 9.18. The summed E-state index contributed by atoms with van der Waals surface area (Å²) in [5, 5.41) is 12.5. The Balaban J connectivity index is 2.19. The van der Waals surface area contributed by atoms with E-state index in [0.717, 1.165) is 28.9 Å². The molecule has 0 fully saturated rings. The van der Waals surface area contributed by atoms with Gasteiger partial charge in [-0.3, -0.25) is 0 Å². The van der Waals surface area contributed by atoms with Gasteiger partial charge in [0.05, 0.1) is 11.3 Å². The van der Waals surface area contributed by atoms with Crippen LogP contribution in [0.1, 0.15) is 19.4 Å². The second-order valence-corrected chi connectivity index (χ2v) is 5.56. The van der Waals surface area contributed by atoms with E-state index in [4.69, 9.17) is 0 Å². The molecule has 0 aliphatic heterocycles. The third kappa shape index (κ3) is 3.77. The summed E-state index contributed by atoms with van der Waals surface area (Å²) in [4.78, 5) is 2.30. The number of hydrogen-bond donors (Lipinski definition) is 1. The molecule has 0 aromatic heterocycles. The van der Waals surface area contributed by atoms with Crippen molar-refractivity contribution in [2.75, 3.05) is 23.3 Å². The van der Waals surface area contributed by atoms with Crippen molar-refractivity contribution in [2.24, 2.45) is 0 Å². The van der Waals surface area contributed by atoms with E-state index in [-0.39, 0.29) is 0 Å². The summed E-state index contributed by atoms with van der Waals surface area (Å²) in [5.41, 5.74) is 3.63. The molecular weight excluding hydrogens is 326 g/mol. The molecule has 0 amide bonds. The first-order chi connectivity index (χ1) is 10.2. The monoisotopic (exact) mass is 343 g/mol. The Hall–Kier alpha value is -1.99. The van der Waals surface area contributed by atoms with E-state index in [0.29, 0.717) is 5.56 Å². The zero-order chi connectivity index (χ0) is 15.2. The van der Waals surface area contributed by atoms with Crippen molar-refractivity contribution in [3.8, 4) is 6.07 Å². The van der Waals surface area contributed by atoms with Gasteiger partial charge in [-0.15, -0.1) is 0 Å². The van der Waals surface area contributed by atoms with E-state index in [1.807, 2.05) is 30.3 Å². The molecule has 108 valence electrons. The highest BCUT2D eigenvalue weighted by molar-refractivity contribution is 9.10. The highest BCUT2D eigenvalue weighted by Crippen LogP contribution is 2.25. The number of nitrogens with one attached hydrogen (secondary N) is 1. The van der Waals surface area contributed by atoms with E-state index >= 15 is 0 Å². The van der Waals surface area contributed by atoms with Gasteiger partial charge < -0.3 is 10.2 Å². The number of benzene rings is 2. The summed E-state index contributed by atoms with van der Waals surface area (Å²) in [6.07, 6.45) is 0. The van der Waals surface area contributed by atoms with Crippen molar-refractivity contribution >= 4 is 33.0 Å². The van der Waals surface area contributed by atoms with Gasteiger partial charge in [0.1, 0.15) is 6.07 Å². The lowest BCUT2D eigenvalue weighted by Crippen LogP contribution is -2.21. The molecule has 21 heavy (non-hydrogen) atoms. The third-order valence-electron chi connectivity index (χ3n) is 3.38. The third-order valence-corrected chi connectivity index (χ3v) is 3.87. The molecule has 0 unspecified atom stereocenters. The highest BCUT2D eigenvalue weighted by atomic mass is 79.9. The van der Waals surface area contributed by atoms with Gasteiger partial charge >= 0.3 is 0 Å². The number of anilines is 3. The number of halogens is 1. The van der Waals surface area contributed by atoms with Crippen LogP contribution in [-0.2, 0) is 0 Å². The van der Waals surface area contributed by atoms with Crippen LogP contribution in [0.2, 0.25) is 0 Å². The van der Waals surface area contributed by atoms with Crippen LogP contribution in [0.25, 0.3) is 0 Å². The summed E-state index contributed by atoms with van der Waals surface area (Å²) in [6.45, 7) is 6.29. The highest BCUT2D eigenvalue weighted by Gasteiger charge is 2.05. The summed E-state index contributed by atoms with van der Waals surface area (Å²) in [5.74, 6) is 0. The maximum atomic E-state index is 9.18. The molecule has 0 aliphatic carbocycles. The van der Waals surface area contributed by atoms with Gasteiger partial charge in [0.25, 0.3) is 0 Å². The first kappa shape index (κ1) is 15.4. The van der Waals surface area contributed by atoms with Gasteiger partial charge in [0, 0.05) is 28.9 Å². The van der Waals surface area contributed by atoms with Crippen LogP contribution in [0.4, 0.5) is 17.1 Å². The standard InChI is InChI=1S/C17H18BrN3/c1-3-21(4-2)16-8-6-15(7-9-16)20-17-10-5-14(18)11-13(17)12-19/h5-11,20H,3-4H2,1-2H3. The zero-order valence-corrected chi connectivity index (χ0v) is 13.8. The van der Waals surface area contributed by atoms with E-state index in [1.165, 1.54) is 5.69 Å². The Morgan fingerprint density at radius 3 is 2.33 bits per heavy atom. The number of hydrogen-bond acceptors (Lipinski definition) is 3. The molecule has 1 N–H and O–H groups in total. The van der Waals surface area contributed by atoms with E-state index in [9.17, 15) is 5.26 Å². The molecule has 0 spiro atoms. The Kier molecular flexibility index (Phi) is 5.24. The maximum Gasteiger partial charge on any atom is 0.101 e. The van der Waals surface area contributed by atoms with Gasteiger partial charge in [-0.25, -0.2) is 0 Å². The minimum atomic E-state index is 0.622. The Bertz CT molecular complexity index is 640. The number of rotatable bonds is 5. The van der Waals surface area contributed by atoms with E-state index in [2.05, 4.69) is 58.2 Å². The van der Waals surface area contributed by atoms with Gasteiger partial charge in [-0.05, 0) is 56.3 Å². The van der Waals surface area contributed by atoms with Crippen molar-refractivity contribution in [3.63, 3.8) is 0 Å². The number of nitrogens with zero attached hydrogens (tertiary/aromatic N) is 2. The fourth-order valence-electron chi connectivity index (χ4n) is 2.22. The van der Waals surface area contributed by atoms with Crippen molar-refractivity contribution in [1.82, 2.24) is 0 Å². The summed E-state index contributed by atoms with van der Waals surface area (Å²) >= 11 is 3.38. The van der Waals surface area contributed by atoms with Gasteiger partial charge in [-0.2, -0.15) is 5.26 Å². The van der Waals surface area contributed by atoms with Gasteiger partial charge in [-0.1, -0.05) is 15.9 Å². The van der Waals surface area contributed by atoms with Crippen LogP contribution >= 0.6 is 15.9 Å². The lowest BCUT2D eigenvalue weighted by Gasteiger charge is -2.21. The molecule has 2 aromatic carbocycles. The van der Waals surface area contributed by atoms with Gasteiger partial charge in [0.2, 0.25) is 0 Å².